The van der Waals surface area contributed by atoms with Crippen LogP contribution in [0.5, 0.6) is 11.5 Å². The lowest BCUT2D eigenvalue weighted by Crippen LogP contribution is -2.06. The van der Waals surface area contributed by atoms with Crippen molar-refractivity contribution < 1.29 is 22.6 Å². The summed E-state index contributed by atoms with van der Waals surface area (Å²) in [5.41, 5.74) is 1.59. The van der Waals surface area contributed by atoms with Crippen molar-refractivity contribution in [1.29, 1.82) is 0 Å². The Morgan fingerprint density at radius 3 is 2.45 bits per heavy atom. The van der Waals surface area contributed by atoms with Crippen molar-refractivity contribution in [3.63, 3.8) is 0 Å². The smallest absolute Gasteiger partial charge is 0.151 e. The molecule has 0 aliphatic heterocycles. The number of aromatic nitrogens is 2. The van der Waals surface area contributed by atoms with Crippen LogP contribution in [0, 0.1) is 17.5 Å². The van der Waals surface area contributed by atoms with Crippen molar-refractivity contribution in [3.8, 4) is 22.8 Å². The predicted molar refractivity (Wildman–Crippen MR) is 104 cm³/mol. The highest BCUT2D eigenvalue weighted by atomic mass is 19.1. The molecular weight excluding hydrogens is 381 g/mol. The lowest BCUT2D eigenvalue weighted by molar-refractivity contribution is 0.395. The molecule has 3 aromatic carbocycles. The van der Waals surface area contributed by atoms with Crippen LogP contribution < -0.4 is 9.47 Å². The third-order valence-electron chi connectivity index (χ3n) is 4.72. The maximum Gasteiger partial charge on any atom is 0.151 e. The summed E-state index contributed by atoms with van der Waals surface area (Å²) in [6.45, 7) is -0.00918. The fourth-order valence-corrected chi connectivity index (χ4v) is 3.32. The molecule has 4 aromatic rings. The van der Waals surface area contributed by atoms with Gasteiger partial charge in [0.05, 0.1) is 26.5 Å². The van der Waals surface area contributed by atoms with Gasteiger partial charge in [-0.25, -0.2) is 13.2 Å². The van der Waals surface area contributed by atoms with Gasteiger partial charge in [-0.05, 0) is 24.3 Å². The largest absolute Gasteiger partial charge is 0.497 e. The quantitative estimate of drug-likeness (QED) is 0.464. The molecule has 29 heavy (non-hydrogen) atoms. The highest BCUT2D eigenvalue weighted by Gasteiger charge is 2.20. The Morgan fingerprint density at radius 2 is 1.72 bits per heavy atom. The van der Waals surface area contributed by atoms with Gasteiger partial charge in [0, 0.05) is 28.6 Å². The second kappa shape index (κ2) is 7.50. The van der Waals surface area contributed by atoms with E-state index in [0.29, 0.717) is 28.1 Å². The first-order valence-corrected chi connectivity index (χ1v) is 8.83. The normalized spacial score (nSPS) is 11.1. The van der Waals surface area contributed by atoms with Crippen LogP contribution in [0.25, 0.3) is 22.2 Å². The molecule has 7 heteroatoms. The summed E-state index contributed by atoms with van der Waals surface area (Å²) in [5.74, 6) is -0.764. The summed E-state index contributed by atoms with van der Waals surface area (Å²) in [5, 5.41) is 4.91. The second-order valence-electron chi connectivity index (χ2n) is 6.44. The van der Waals surface area contributed by atoms with Crippen molar-refractivity contribution in [3.05, 3.63) is 77.6 Å². The van der Waals surface area contributed by atoms with Crippen LogP contribution in [0.1, 0.15) is 5.56 Å². The van der Waals surface area contributed by atoms with Crippen LogP contribution in [-0.4, -0.2) is 24.0 Å². The molecule has 1 heterocycles. The molecule has 0 bridgehead atoms. The fourth-order valence-electron chi connectivity index (χ4n) is 3.32. The van der Waals surface area contributed by atoms with E-state index in [1.54, 1.807) is 37.4 Å². The van der Waals surface area contributed by atoms with Crippen molar-refractivity contribution >= 4 is 10.9 Å². The topological polar surface area (TPSA) is 36.3 Å². The van der Waals surface area contributed by atoms with Gasteiger partial charge in [-0.3, -0.25) is 4.68 Å². The first kappa shape index (κ1) is 18.9. The van der Waals surface area contributed by atoms with Crippen LogP contribution in [-0.2, 0) is 6.54 Å². The van der Waals surface area contributed by atoms with Crippen LogP contribution >= 0.6 is 0 Å². The van der Waals surface area contributed by atoms with Gasteiger partial charge in [-0.2, -0.15) is 5.10 Å². The van der Waals surface area contributed by atoms with Crippen LogP contribution in [0.4, 0.5) is 13.2 Å². The summed E-state index contributed by atoms with van der Waals surface area (Å²) in [6.07, 6.45) is 0. The summed E-state index contributed by atoms with van der Waals surface area (Å²) in [6, 6.07) is 13.2. The molecule has 0 aliphatic rings. The van der Waals surface area contributed by atoms with Crippen LogP contribution in [0.15, 0.2) is 54.6 Å². The van der Waals surface area contributed by atoms with E-state index in [2.05, 4.69) is 5.10 Å². The van der Waals surface area contributed by atoms with E-state index in [1.807, 2.05) is 0 Å². The Labute approximate surface area is 165 Å². The number of rotatable bonds is 5. The van der Waals surface area contributed by atoms with Crippen molar-refractivity contribution in [2.45, 2.75) is 6.54 Å². The number of hydrogen-bond acceptors (Lipinski definition) is 3. The van der Waals surface area contributed by atoms with Gasteiger partial charge in [0.25, 0.3) is 0 Å². The summed E-state index contributed by atoms with van der Waals surface area (Å²) < 4.78 is 54.2. The van der Waals surface area contributed by atoms with E-state index in [-0.39, 0.29) is 17.6 Å². The zero-order valence-electron chi connectivity index (χ0n) is 15.7. The molecule has 148 valence electrons. The standard InChI is InChI=1S/C22H17F3N2O2/c1-28-15-8-9-16(20(11-15)29-2)22-17-4-3-5-18(24)21(17)26-27(22)12-13-6-7-14(23)10-19(13)25/h3-11H,12H2,1-2H3. The number of nitrogens with zero attached hydrogens (tertiary/aromatic N) is 2. The minimum absolute atomic E-state index is 0.00918. The van der Waals surface area contributed by atoms with E-state index in [0.717, 1.165) is 6.07 Å². The van der Waals surface area contributed by atoms with Gasteiger partial charge < -0.3 is 9.47 Å². The number of methoxy groups -OCH3 is 2. The maximum absolute atomic E-state index is 14.4. The molecule has 4 rings (SSSR count). The molecule has 0 amide bonds. The van der Waals surface area contributed by atoms with Gasteiger partial charge in [-0.1, -0.05) is 18.2 Å². The van der Waals surface area contributed by atoms with Gasteiger partial charge in [0.1, 0.15) is 28.7 Å². The number of benzene rings is 3. The predicted octanol–water partition coefficient (Wildman–Crippen LogP) is 5.19. The molecule has 0 saturated carbocycles. The highest BCUT2D eigenvalue weighted by molar-refractivity contribution is 5.95. The molecule has 0 unspecified atom stereocenters. The average Bonchev–Trinajstić information content (AvgIpc) is 3.09. The lowest BCUT2D eigenvalue weighted by Gasteiger charge is -2.13. The Balaban J connectivity index is 1.95. The van der Waals surface area contributed by atoms with Gasteiger partial charge >= 0.3 is 0 Å². The van der Waals surface area contributed by atoms with E-state index in [1.165, 1.54) is 30.0 Å². The Kier molecular flexibility index (Phi) is 4.88. The third kappa shape index (κ3) is 3.40. The molecule has 0 radical (unpaired) electrons. The summed E-state index contributed by atoms with van der Waals surface area (Å²) in [7, 11) is 3.06. The van der Waals surface area contributed by atoms with E-state index < -0.39 is 17.5 Å². The Hall–Kier alpha value is -3.48. The van der Waals surface area contributed by atoms with Crippen molar-refractivity contribution in [1.82, 2.24) is 9.78 Å². The average molecular weight is 398 g/mol. The number of hydrogen-bond donors (Lipinski definition) is 0. The maximum atomic E-state index is 14.4. The van der Waals surface area contributed by atoms with E-state index in [9.17, 15) is 13.2 Å². The first-order chi connectivity index (χ1) is 14.0. The second-order valence-corrected chi connectivity index (χ2v) is 6.44. The van der Waals surface area contributed by atoms with E-state index in [4.69, 9.17) is 9.47 Å². The van der Waals surface area contributed by atoms with E-state index >= 15 is 0 Å². The van der Waals surface area contributed by atoms with Gasteiger partial charge in [0.2, 0.25) is 0 Å². The number of ether oxygens (including phenoxy) is 2. The first-order valence-electron chi connectivity index (χ1n) is 8.83. The van der Waals surface area contributed by atoms with Crippen LogP contribution in [0.2, 0.25) is 0 Å². The minimum atomic E-state index is -0.697. The summed E-state index contributed by atoms with van der Waals surface area (Å²) >= 11 is 0. The molecular formula is C22H17F3N2O2. The monoisotopic (exact) mass is 398 g/mol. The molecule has 0 aliphatic carbocycles. The molecule has 1 aromatic heterocycles. The Bertz CT molecular complexity index is 1200. The molecule has 0 N–H and O–H groups in total. The van der Waals surface area contributed by atoms with Crippen molar-refractivity contribution in [2.24, 2.45) is 0 Å². The number of fused-ring (bicyclic) bond motifs is 1. The fraction of sp³-hybridized carbons (Fsp3) is 0.136. The zero-order valence-corrected chi connectivity index (χ0v) is 15.7. The van der Waals surface area contributed by atoms with Crippen molar-refractivity contribution in [2.75, 3.05) is 14.2 Å². The SMILES string of the molecule is COc1ccc(-c2c3cccc(F)c3nn2Cc2ccc(F)cc2F)c(OC)c1. The van der Waals surface area contributed by atoms with Gasteiger partial charge in [-0.15, -0.1) is 0 Å². The molecule has 4 nitrogen and oxygen atoms in total. The van der Waals surface area contributed by atoms with Gasteiger partial charge in [0.15, 0.2) is 5.82 Å². The highest BCUT2D eigenvalue weighted by Crippen LogP contribution is 2.38. The molecule has 0 spiro atoms. The minimum Gasteiger partial charge on any atom is -0.497 e. The molecule has 0 fully saturated rings. The third-order valence-corrected chi connectivity index (χ3v) is 4.72. The molecule has 0 saturated heterocycles. The zero-order chi connectivity index (χ0) is 20.5. The Morgan fingerprint density at radius 1 is 0.897 bits per heavy atom. The molecule has 0 atom stereocenters. The summed E-state index contributed by atoms with van der Waals surface area (Å²) in [4.78, 5) is 0. The lowest BCUT2D eigenvalue weighted by atomic mass is 10.1. The number of halogens is 3. The van der Waals surface area contributed by atoms with Crippen LogP contribution in [0.3, 0.4) is 0 Å².